The van der Waals surface area contributed by atoms with E-state index < -0.39 is 5.82 Å². The van der Waals surface area contributed by atoms with Gasteiger partial charge in [0.05, 0.1) is 6.54 Å². The van der Waals surface area contributed by atoms with Crippen molar-refractivity contribution in [1.29, 1.82) is 0 Å². The molecule has 0 saturated heterocycles. The zero-order valence-corrected chi connectivity index (χ0v) is 18.7. The molecular formula is C22H33ClFN3O2. The monoisotopic (exact) mass is 425 g/mol. The van der Waals surface area contributed by atoms with Gasteiger partial charge in [-0.1, -0.05) is 25.4 Å². The molecule has 0 aliphatic heterocycles. The minimum Gasteiger partial charge on any atom is -0.352 e. The fourth-order valence-corrected chi connectivity index (χ4v) is 3.75. The highest BCUT2D eigenvalue weighted by Gasteiger charge is 2.38. The van der Waals surface area contributed by atoms with Gasteiger partial charge in [0.15, 0.2) is 0 Å². The topological polar surface area (TPSA) is 52.7 Å². The average Bonchev–Trinajstić information content (AvgIpc) is 2.65. The third kappa shape index (κ3) is 6.68. The molecule has 1 atom stereocenters. The molecule has 29 heavy (non-hydrogen) atoms. The quantitative estimate of drug-likeness (QED) is 0.617. The van der Waals surface area contributed by atoms with Gasteiger partial charge in [0.2, 0.25) is 5.91 Å². The van der Waals surface area contributed by atoms with Crippen LogP contribution in [0.1, 0.15) is 56.8 Å². The Morgan fingerprint density at radius 3 is 2.55 bits per heavy atom. The van der Waals surface area contributed by atoms with Crippen molar-refractivity contribution >= 4 is 23.4 Å². The molecule has 2 rings (SSSR count). The maximum Gasteiger partial charge on any atom is 0.251 e. The number of amides is 2. The van der Waals surface area contributed by atoms with Gasteiger partial charge in [-0.3, -0.25) is 14.5 Å². The molecule has 0 aromatic heterocycles. The molecule has 1 aromatic carbocycles. The number of carbonyl (C=O) groups is 2. The molecule has 2 amide bonds. The van der Waals surface area contributed by atoms with Crippen LogP contribution in [0.15, 0.2) is 18.2 Å². The summed E-state index contributed by atoms with van der Waals surface area (Å²) in [6.07, 6.45) is 4.20. The molecule has 1 N–H and O–H groups in total. The minimum absolute atomic E-state index is 0.0217. The van der Waals surface area contributed by atoms with Crippen LogP contribution in [-0.2, 0) is 4.79 Å². The van der Waals surface area contributed by atoms with Crippen LogP contribution in [0.5, 0.6) is 0 Å². The lowest BCUT2D eigenvalue weighted by atomic mass is 9.77. The molecule has 0 radical (unpaired) electrons. The number of hydrogen-bond donors (Lipinski definition) is 1. The van der Waals surface area contributed by atoms with Crippen molar-refractivity contribution in [1.82, 2.24) is 15.1 Å². The summed E-state index contributed by atoms with van der Waals surface area (Å²) in [5, 5.41) is 3.03. The smallest absolute Gasteiger partial charge is 0.251 e. The van der Waals surface area contributed by atoms with E-state index in [-0.39, 0.29) is 33.9 Å². The zero-order valence-electron chi connectivity index (χ0n) is 17.9. The first-order chi connectivity index (χ1) is 13.6. The van der Waals surface area contributed by atoms with E-state index in [0.29, 0.717) is 13.1 Å². The third-order valence-corrected chi connectivity index (χ3v) is 6.31. The normalized spacial score (nSPS) is 16.2. The highest BCUT2D eigenvalue weighted by molar-refractivity contribution is 6.31. The Morgan fingerprint density at radius 2 is 2.00 bits per heavy atom. The summed E-state index contributed by atoms with van der Waals surface area (Å²) < 4.78 is 13.4. The molecule has 1 aliphatic rings. The second-order valence-corrected chi connectivity index (χ2v) is 8.87. The summed E-state index contributed by atoms with van der Waals surface area (Å²) in [6.45, 7) is 8.75. The predicted molar refractivity (Wildman–Crippen MR) is 115 cm³/mol. The molecule has 5 nitrogen and oxygen atoms in total. The van der Waals surface area contributed by atoms with Gasteiger partial charge in [-0.25, -0.2) is 4.39 Å². The van der Waals surface area contributed by atoms with Crippen molar-refractivity contribution < 1.29 is 14.0 Å². The maximum atomic E-state index is 13.4. The van der Waals surface area contributed by atoms with E-state index in [4.69, 9.17) is 11.6 Å². The van der Waals surface area contributed by atoms with E-state index in [0.717, 1.165) is 32.4 Å². The van der Waals surface area contributed by atoms with Crippen LogP contribution < -0.4 is 5.32 Å². The van der Waals surface area contributed by atoms with Crippen molar-refractivity contribution in [2.24, 2.45) is 5.92 Å². The Kier molecular flexibility index (Phi) is 8.46. The highest BCUT2D eigenvalue weighted by atomic mass is 35.5. The van der Waals surface area contributed by atoms with Crippen molar-refractivity contribution in [2.45, 2.75) is 52.0 Å². The van der Waals surface area contributed by atoms with Gasteiger partial charge >= 0.3 is 0 Å². The zero-order chi connectivity index (χ0) is 21.6. The summed E-state index contributed by atoms with van der Waals surface area (Å²) in [6, 6.07) is 3.80. The summed E-state index contributed by atoms with van der Waals surface area (Å²) in [5.74, 6) is -0.470. The van der Waals surface area contributed by atoms with Gasteiger partial charge < -0.3 is 10.2 Å². The lowest BCUT2D eigenvalue weighted by Gasteiger charge is -2.46. The van der Waals surface area contributed by atoms with Crippen molar-refractivity contribution in [3.05, 3.63) is 34.6 Å². The predicted octanol–water partition coefficient (Wildman–Crippen LogP) is 3.96. The van der Waals surface area contributed by atoms with Crippen LogP contribution in [0.4, 0.5) is 4.39 Å². The molecule has 7 heteroatoms. The molecule has 0 bridgehead atoms. The average molecular weight is 426 g/mol. The first-order valence-electron chi connectivity index (χ1n) is 10.4. The van der Waals surface area contributed by atoms with E-state index in [9.17, 15) is 14.0 Å². The Balaban J connectivity index is 1.75. The van der Waals surface area contributed by atoms with Crippen molar-refractivity contribution in [2.75, 3.05) is 33.2 Å². The molecule has 1 aromatic rings. The number of halogens is 2. The highest BCUT2D eigenvalue weighted by Crippen LogP contribution is 2.36. The SMILES string of the molecule is CCN(CCC(C)CNC(=O)c1cc(F)cc(Cl)c1)CC(=O)N(C)C1(C)CCC1. The molecule has 0 spiro atoms. The molecule has 1 saturated carbocycles. The maximum absolute atomic E-state index is 13.4. The lowest BCUT2D eigenvalue weighted by molar-refractivity contribution is -0.139. The second kappa shape index (κ2) is 10.4. The van der Waals surface area contributed by atoms with Crippen molar-refractivity contribution in [3.8, 4) is 0 Å². The van der Waals surface area contributed by atoms with Crippen LogP contribution in [0.3, 0.4) is 0 Å². The Morgan fingerprint density at radius 1 is 1.31 bits per heavy atom. The number of likely N-dealkylation sites (N-methyl/N-ethyl adjacent to an activating group) is 2. The van der Waals surface area contributed by atoms with E-state index >= 15 is 0 Å². The van der Waals surface area contributed by atoms with Gasteiger partial charge in [-0.05, 0) is 69.8 Å². The number of carbonyl (C=O) groups excluding carboxylic acids is 2. The van der Waals surface area contributed by atoms with Gasteiger partial charge in [0.1, 0.15) is 5.82 Å². The number of hydrogen-bond acceptors (Lipinski definition) is 3. The molecule has 162 valence electrons. The van der Waals surface area contributed by atoms with Crippen LogP contribution in [0.25, 0.3) is 0 Å². The molecule has 1 fully saturated rings. The largest absolute Gasteiger partial charge is 0.352 e. The number of nitrogens with one attached hydrogen (secondary N) is 1. The second-order valence-electron chi connectivity index (χ2n) is 8.43. The summed E-state index contributed by atoms with van der Waals surface area (Å²) in [4.78, 5) is 28.9. The first kappa shape index (κ1) is 23.6. The molecule has 1 unspecified atom stereocenters. The van der Waals surface area contributed by atoms with Crippen LogP contribution >= 0.6 is 11.6 Å². The van der Waals surface area contributed by atoms with Crippen molar-refractivity contribution in [3.63, 3.8) is 0 Å². The fraction of sp³-hybridized carbons (Fsp3) is 0.636. The number of benzene rings is 1. The van der Waals surface area contributed by atoms with Crippen LogP contribution in [0.2, 0.25) is 5.02 Å². The van der Waals surface area contributed by atoms with Gasteiger partial charge in [-0.15, -0.1) is 0 Å². The van der Waals surface area contributed by atoms with Gasteiger partial charge in [0.25, 0.3) is 5.91 Å². The molecule has 0 heterocycles. The first-order valence-corrected chi connectivity index (χ1v) is 10.8. The van der Waals surface area contributed by atoms with Gasteiger partial charge in [-0.2, -0.15) is 0 Å². The minimum atomic E-state index is -0.528. The van der Waals surface area contributed by atoms with Crippen LogP contribution in [0, 0.1) is 11.7 Å². The lowest BCUT2D eigenvalue weighted by Crippen LogP contribution is -2.54. The number of nitrogens with zero attached hydrogens (tertiary/aromatic N) is 2. The van der Waals surface area contributed by atoms with Gasteiger partial charge in [0, 0.05) is 29.7 Å². The summed E-state index contributed by atoms with van der Waals surface area (Å²) in [7, 11) is 1.91. The third-order valence-electron chi connectivity index (χ3n) is 6.09. The Bertz CT molecular complexity index is 704. The Labute approximate surface area is 178 Å². The summed E-state index contributed by atoms with van der Waals surface area (Å²) >= 11 is 5.81. The van der Waals surface area contributed by atoms with E-state index in [1.807, 2.05) is 11.9 Å². The van der Waals surface area contributed by atoms with E-state index in [2.05, 4.69) is 31.0 Å². The Hall–Kier alpha value is -1.66. The standard InChI is InChI=1S/C22H33ClFN3O2/c1-5-27(15-20(28)26(4)22(3)8-6-9-22)10-7-16(2)14-25-21(29)17-11-18(23)13-19(24)12-17/h11-13,16H,5-10,14-15H2,1-4H3,(H,25,29). The fourth-order valence-electron chi connectivity index (χ4n) is 3.53. The molecular weight excluding hydrogens is 393 g/mol. The number of rotatable bonds is 10. The van der Waals surface area contributed by atoms with E-state index in [1.54, 1.807) is 0 Å². The molecule has 1 aliphatic carbocycles. The van der Waals surface area contributed by atoms with E-state index in [1.165, 1.54) is 24.6 Å². The van der Waals surface area contributed by atoms with Crippen LogP contribution in [-0.4, -0.2) is 60.4 Å². The summed E-state index contributed by atoms with van der Waals surface area (Å²) in [5.41, 5.74) is 0.240.